The average Bonchev–Trinajstić information content (AvgIpc) is 3.10. The summed E-state index contributed by atoms with van der Waals surface area (Å²) in [7, 11) is 0. The molecule has 0 unspecified atom stereocenters. The van der Waals surface area contributed by atoms with Gasteiger partial charge in [0, 0.05) is 36.6 Å². The molecule has 0 atom stereocenters. The van der Waals surface area contributed by atoms with Crippen molar-refractivity contribution < 1.29 is 4.79 Å². The Hall–Kier alpha value is -2.47. The van der Waals surface area contributed by atoms with Gasteiger partial charge in [0.05, 0.1) is 5.39 Å². The summed E-state index contributed by atoms with van der Waals surface area (Å²) in [6.45, 7) is 7.12. The number of rotatable bonds is 3. The molecule has 0 spiro atoms. The second kappa shape index (κ2) is 7.03. The lowest BCUT2D eigenvalue weighted by molar-refractivity contribution is 0.0746. The van der Waals surface area contributed by atoms with Crippen LogP contribution in [0.25, 0.3) is 10.2 Å². The Kier molecular flexibility index (Phi) is 4.59. The topological polar surface area (TPSA) is 49.3 Å². The fourth-order valence-corrected chi connectivity index (χ4v) is 4.37. The van der Waals surface area contributed by atoms with E-state index in [1.54, 1.807) is 11.3 Å². The summed E-state index contributed by atoms with van der Waals surface area (Å²) in [5, 5.41) is 1.14. The van der Waals surface area contributed by atoms with Gasteiger partial charge in [-0.15, -0.1) is 11.3 Å². The molecule has 134 valence electrons. The van der Waals surface area contributed by atoms with Gasteiger partial charge in [-0.25, -0.2) is 9.97 Å². The van der Waals surface area contributed by atoms with Crippen molar-refractivity contribution in [1.29, 1.82) is 0 Å². The highest BCUT2D eigenvalue weighted by Gasteiger charge is 2.24. The van der Waals surface area contributed by atoms with Crippen molar-refractivity contribution in [3.8, 4) is 0 Å². The van der Waals surface area contributed by atoms with Crippen molar-refractivity contribution in [2.24, 2.45) is 0 Å². The summed E-state index contributed by atoms with van der Waals surface area (Å²) in [6, 6.07) is 11.7. The lowest BCUT2D eigenvalue weighted by atomic mass is 10.2. The van der Waals surface area contributed by atoms with Gasteiger partial charge in [-0.05, 0) is 31.5 Å². The summed E-state index contributed by atoms with van der Waals surface area (Å²) in [5.74, 6) is 1.92. The predicted molar refractivity (Wildman–Crippen MR) is 106 cm³/mol. The molecule has 4 rings (SSSR count). The van der Waals surface area contributed by atoms with Crippen LogP contribution in [0.2, 0.25) is 0 Å². The van der Waals surface area contributed by atoms with E-state index in [-0.39, 0.29) is 5.91 Å². The van der Waals surface area contributed by atoms with Gasteiger partial charge in [0.15, 0.2) is 0 Å². The van der Waals surface area contributed by atoms with Crippen LogP contribution >= 0.6 is 11.3 Å². The predicted octanol–water partition coefficient (Wildman–Crippen LogP) is 3.52. The first kappa shape index (κ1) is 17.0. The number of fused-ring (bicyclic) bond motifs is 1. The zero-order chi connectivity index (χ0) is 18.1. The molecule has 1 saturated heterocycles. The van der Waals surface area contributed by atoms with Gasteiger partial charge < -0.3 is 9.80 Å². The minimum Gasteiger partial charge on any atom is -0.352 e. The highest BCUT2D eigenvalue weighted by atomic mass is 32.1. The van der Waals surface area contributed by atoms with Crippen LogP contribution in [0.3, 0.4) is 0 Å². The second-order valence-electron chi connectivity index (χ2n) is 6.52. The Morgan fingerprint density at radius 3 is 2.54 bits per heavy atom. The molecular formula is C20H22N4OS. The van der Waals surface area contributed by atoms with E-state index in [0.717, 1.165) is 46.9 Å². The van der Waals surface area contributed by atoms with Crippen molar-refractivity contribution in [2.45, 2.75) is 20.3 Å². The Morgan fingerprint density at radius 2 is 1.85 bits per heavy atom. The van der Waals surface area contributed by atoms with Crippen LogP contribution in [0.1, 0.15) is 28.0 Å². The third-order valence-electron chi connectivity index (χ3n) is 4.77. The molecule has 0 N–H and O–H groups in total. The zero-order valence-electron chi connectivity index (χ0n) is 15.1. The number of benzene rings is 1. The maximum atomic E-state index is 12.6. The van der Waals surface area contributed by atoms with Gasteiger partial charge in [-0.1, -0.05) is 25.1 Å². The molecule has 0 aliphatic carbocycles. The molecule has 0 saturated carbocycles. The van der Waals surface area contributed by atoms with Gasteiger partial charge in [0.25, 0.3) is 5.91 Å². The highest BCUT2D eigenvalue weighted by Crippen LogP contribution is 2.31. The number of thiophene rings is 1. The van der Waals surface area contributed by atoms with Crippen molar-refractivity contribution in [2.75, 3.05) is 31.1 Å². The number of hydrogen-bond donors (Lipinski definition) is 0. The van der Waals surface area contributed by atoms with Gasteiger partial charge in [0.1, 0.15) is 16.5 Å². The maximum absolute atomic E-state index is 12.6. The van der Waals surface area contributed by atoms with Crippen molar-refractivity contribution in [3.63, 3.8) is 0 Å². The summed E-state index contributed by atoms with van der Waals surface area (Å²) < 4.78 is 0. The van der Waals surface area contributed by atoms with Crippen molar-refractivity contribution in [3.05, 3.63) is 52.7 Å². The molecule has 6 heteroatoms. The number of piperazine rings is 1. The number of nitrogens with zero attached hydrogens (tertiary/aromatic N) is 4. The molecular weight excluding hydrogens is 344 g/mol. The molecule has 26 heavy (non-hydrogen) atoms. The normalized spacial score (nSPS) is 14.8. The van der Waals surface area contributed by atoms with Crippen LogP contribution in [0.5, 0.6) is 0 Å². The standard InChI is InChI=1S/C20H22N4OS/c1-3-16-13-17-18(21-14(2)22-19(17)26-16)23-9-11-24(12-10-23)20(25)15-7-5-4-6-8-15/h4-8,13H,3,9-12H2,1-2H3. The number of carbonyl (C=O) groups excluding carboxylic acids is 1. The number of hydrogen-bond acceptors (Lipinski definition) is 5. The molecule has 0 radical (unpaired) electrons. The van der Waals surface area contributed by atoms with Crippen molar-refractivity contribution in [1.82, 2.24) is 14.9 Å². The third kappa shape index (κ3) is 3.17. The Morgan fingerprint density at radius 1 is 1.12 bits per heavy atom. The first-order chi connectivity index (χ1) is 12.7. The minimum atomic E-state index is 0.109. The number of amides is 1. The Balaban J connectivity index is 1.54. The van der Waals surface area contributed by atoms with E-state index in [2.05, 4.69) is 22.9 Å². The molecule has 2 aromatic heterocycles. The van der Waals surface area contributed by atoms with Crippen LogP contribution in [0, 0.1) is 6.92 Å². The third-order valence-corrected chi connectivity index (χ3v) is 5.94. The number of carbonyl (C=O) groups is 1. The van der Waals surface area contributed by atoms with E-state index in [0.29, 0.717) is 13.1 Å². The summed E-state index contributed by atoms with van der Waals surface area (Å²) in [4.78, 5) is 28.6. The van der Waals surface area contributed by atoms with Crippen LogP contribution < -0.4 is 4.90 Å². The number of aromatic nitrogens is 2. The number of anilines is 1. The van der Waals surface area contributed by atoms with Crippen LogP contribution in [-0.4, -0.2) is 47.0 Å². The van der Waals surface area contributed by atoms with Gasteiger partial charge in [0.2, 0.25) is 0 Å². The molecule has 1 aromatic carbocycles. The van der Waals surface area contributed by atoms with E-state index < -0.39 is 0 Å². The maximum Gasteiger partial charge on any atom is 0.253 e. The van der Waals surface area contributed by atoms with Crippen LogP contribution in [0.15, 0.2) is 36.4 Å². The van der Waals surface area contributed by atoms with E-state index in [9.17, 15) is 4.79 Å². The lowest BCUT2D eigenvalue weighted by Crippen LogP contribution is -2.49. The Labute approximate surface area is 157 Å². The fraction of sp³-hybridized carbons (Fsp3) is 0.350. The molecule has 1 aliphatic heterocycles. The van der Waals surface area contributed by atoms with E-state index in [4.69, 9.17) is 4.98 Å². The largest absolute Gasteiger partial charge is 0.352 e. The van der Waals surface area contributed by atoms with E-state index in [1.807, 2.05) is 42.2 Å². The Bertz CT molecular complexity index is 930. The van der Waals surface area contributed by atoms with Gasteiger partial charge in [-0.2, -0.15) is 0 Å². The molecule has 3 heterocycles. The van der Waals surface area contributed by atoms with Gasteiger partial charge >= 0.3 is 0 Å². The molecule has 5 nitrogen and oxygen atoms in total. The smallest absolute Gasteiger partial charge is 0.253 e. The lowest BCUT2D eigenvalue weighted by Gasteiger charge is -2.35. The van der Waals surface area contributed by atoms with Crippen molar-refractivity contribution >= 4 is 33.3 Å². The quantitative estimate of drug-likeness (QED) is 0.712. The SMILES string of the molecule is CCc1cc2c(N3CCN(C(=O)c4ccccc4)CC3)nc(C)nc2s1. The first-order valence-corrected chi connectivity index (χ1v) is 9.83. The monoisotopic (exact) mass is 366 g/mol. The summed E-state index contributed by atoms with van der Waals surface area (Å²) in [5.41, 5.74) is 0.756. The van der Waals surface area contributed by atoms with Crippen LogP contribution in [0.4, 0.5) is 5.82 Å². The highest BCUT2D eigenvalue weighted by molar-refractivity contribution is 7.18. The van der Waals surface area contributed by atoms with E-state index >= 15 is 0 Å². The molecule has 3 aromatic rings. The van der Waals surface area contributed by atoms with Crippen LogP contribution in [-0.2, 0) is 6.42 Å². The molecule has 1 aliphatic rings. The number of aryl methyl sites for hydroxylation is 2. The molecule has 1 amide bonds. The second-order valence-corrected chi connectivity index (χ2v) is 7.64. The minimum absolute atomic E-state index is 0.109. The fourth-order valence-electron chi connectivity index (χ4n) is 3.36. The average molecular weight is 366 g/mol. The van der Waals surface area contributed by atoms with E-state index in [1.165, 1.54) is 4.88 Å². The zero-order valence-corrected chi connectivity index (χ0v) is 15.9. The summed E-state index contributed by atoms with van der Waals surface area (Å²) in [6.07, 6.45) is 1.01. The summed E-state index contributed by atoms with van der Waals surface area (Å²) >= 11 is 1.75. The van der Waals surface area contributed by atoms with Gasteiger partial charge in [-0.3, -0.25) is 4.79 Å². The molecule has 0 bridgehead atoms. The molecule has 1 fully saturated rings. The first-order valence-electron chi connectivity index (χ1n) is 9.02.